The summed E-state index contributed by atoms with van der Waals surface area (Å²) in [6.07, 6.45) is 1.27. The molecule has 12 nitrogen and oxygen atoms in total. The van der Waals surface area contributed by atoms with Crippen LogP contribution in [0.1, 0.15) is 15.9 Å². The van der Waals surface area contributed by atoms with Crippen LogP contribution in [0.2, 0.25) is 0 Å². The minimum absolute atomic E-state index is 0.00280. The van der Waals surface area contributed by atoms with E-state index in [4.69, 9.17) is 9.72 Å². The van der Waals surface area contributed by atoms with E-state index in [1.165, 1.54) is 18.1 Å². The van der Waals surface area contributed by atoms with Gasteiger partial charge in [-0.2, -0.15) is 0 Å². The Morgan fingerprint density at radius 2 is 2.14 bits per heavy atom. The van der Waals surface area contributed by atoms with E-state index >= 15 is 0 Å². The molecule has 0 bridgehead atoms. The van der Waals surface area contributed by atoms with Crippen LogP contribution < -0.4 is 20.4 Å². The third-order valence-electron chi connectivity index (χ3n) is 6.44. The number of carboxylic acids is 1. The van der Waals surface area contributed by atoms with Crippen LogP contribution >= 0.6 is 11.9 Å². The zero-order valence-corrected chi connectivity index (χ0v) is 20.3. The zero-order valence-electron chi connectivity index (χ0n) is 19.5. The fourth-order valence-electron chi connectivity index (χ4n) is 4.47. The second-order valence-corrected chi connectivity index (χ2v) is 9.85. The maximum Gasteiger partial charge on any atom is 0.341 e. The van der Waals surface area contributed by atoms with Gasteiger partial charge in [0.2, 0.25) is 11.3 Å². The van der Waals surface area contributed by atoms with Gasteiger partial charge < -0.3 is 25.0 Å². The number of carbonyl (C=O) groups is 2. The molecule has 35 heavy (non-hydrogen) atoms. The smallest absolute Gasteiger partial charge is 0.341 e. The standard InChI is InChI=1S/C22H27N7O5S/c1-12-5-16(28-7-13(8-28)20(31)23-6-14-9-27(2)3-4-34-14)26-19-17(12)18(30)15(21(32)33)10-29(19)22-24-11-25-35-22/h5,10,13-14,25H,3-4,6-9,11H2,1-2H3,(H,23,31)(H,32,33). The number of hydrogen-bond donors (Lipinski definition) is 3. The molecule has 3 aliphatic heterocycles. The topological polar surface area (TPSA) is 141 Å². The highest BCUT2D eigenvalue weighted by atomic mass is 32.2. The van der Waals surface area contributed by atoms with Gasteiger partial charge >= 0.3 is 5.97 Å². The molecule has 0 radical (unpaired) electrons. The van der Waals surface area contributed by atoms with Crippen LogP contribution in [0.25, 0.3) is 11.0 Å². The summed E-state index contributed by atoms with van der Waals surface area (Å²) >= 11 is 1.25. The van der Waals surface area contributed by atoms with Crippen LogP contribution in [0.3, 0.4) is 0 Å². The lowest BCUT2D eigenvalue weighted by Crippen LogP contribution is -2.55. The number of aromatic carboxylic acids is 1. The number of rotatable bonds is 5. The van der Waals surface area contributed by atoms with Gasteiger partial charge in [-0.25, -0.2) is 19.5 Å². The molecule has 2 saturated heterocycles. The maximum absolute atomic E-state index is 12.9. The summed E-state index contributed by atoms with van der Waals surface area (Å²) in [4.78, 5) is 50.4. The second-order valence-electron chi connectivity index (χ2n) is 8.99. The van der Waals surface area contributed by atoms with E-state index in [0.717, 1.165) is 13.1 Å². The summed E-state index contributed by atoms with van der Waals surface area (Å²) < 4.78 is 10.3. The molecule has 0 aliphatic carbocycles. The van der Waals surface area contributed by atoms with Crippen molar-refractivity contribution in [1.29, 1.82) is 0 Å². The van der Waals surface area contributed by atoms with Gasteiger partial charge in [-0.3, -0.25) is 14.2 Å². The first-order valence-electron chi connectivity index (χ1n) is 11.4. The van der Waals surface area contributed by atoms with Crippen molar-refractivity contribution in [3.05, 3.63) is 33.6 Å². The number of anilines is 1. The van der Waals surface area contributed by atoms with E-state index in [0.29, 0.717) is 55.1 Å². The minimum Gasteiger partial charge on any atom is -0.477 e. The molecular weight excluding hydrogens is 474 g/mol. The third-order valence-corrected chi connectivity index (χ3v) is 7.22. The van der Waals surface area contributed by atoms with Crippen LogP contribution in [0, 0.1) is 12.8 Å². The van der Waals surface area contributed by atoms with Crippen LogP contribution in [0.4, 0.5) is 5.82 Å². The highest BCUT2D eigenvalue weighted by molar-refractivity contribution is 8.12. The van der Waals surface area contributed by atoms with Gasteiger partial charge in [-0.1, -0.05) is 0 Å². The Kier molecular flexibility index (Phi) is 6.49. The molecule has 1 atom stereocenters. The molecule has 5 rings (SSSR count). The first kappa shape index (κ1) is 23.7. The molecule has 13 heteroatoms. The van der Waals surface area contributed by atoms with Crippen LogP contribution in [-0.2, 0) is 9.53 Å². The quantitative estimate of drug-likeness (QED) is 0.468. The van der Waals surface area contributed by atoms with Crippen molar-refractivity contribution in [3.63, 3.8) is 0 Å². The number of likely N-dealkylation sites (N-methyl/N-ethyl adjacent to an activating group) is 1. The largest absolute Gasteiger partial charge is 0.477 e. The van der Waals surface area contributed by atoms with Gasteiger partial charge in [-0.15, -0.1) is 0 Å². The van der Waals surface area contributed by atoms with Crippen molar-refractivity contribution in [2.45, 2.75) is 13.0 Å². The number of pyridine rings is 2. The van der Waals surface area contributed by atoms with Gasteiger partial charge in [0.05, 0.1) is 24.0 Å². The van der Waals surface area contributed by atoms with Gasteiger partial charge in [0.1, 0.15) is 18.1 Å². The number of hydrogen-bond acceptors (Lipinski definition) is 10. The molecule has 186 valence electrons. The Morgan fingerprint density at radius 3 is 2.83 bits per heavy atom. The normalized spacial score (nSPS) is 21.1. The lowest BCUT2D eigenvalue weighted by molar-refractivity contribution is -0.126. The van der Waals surface area contributed by atoms with Gasteiger partial charge in [0, 0.05) is 38.9 Å². The van der Waals surface area contributed by atoms with Crippen LogP contribution in [-0.4, -0.2) is 95.8 Å². The number of aryl methyl sites for hydroxylation is 1. The Bertz CT molecular complexity index is 1270. The Hall–Kier alpha value is -3.00. The molecule has 1 amide bonds. The number of nitrogens with one attached hydrogen (secondary N) is 2. The summed E-state index contributed by atoms with van der Waals surface area (Å²) in [7, 11) is 2.04. The monoisotopic (exact) mass is 501 g/mol. The lowest BCUT2D eigenvalue weighted by Gasteiger charge is -2.39. The zero-order chi connectivity index (χ0) is 24.7. The summed E-state index contributed by atoms with van der Waals surface area (Å²) in [6.45, 7) is 5.99. The first-order valence-corrected chi connectivity index (χ1v) is 12.2. The second kappa shape index (κ2) is 9.57. The molecule has 3 N–H and O–H groups in total. The molecule has 3 aliphatic rings. The minimum atomic E-state index is -1.30. The SMILES string of the molecule is Cc1cc(N2CC(C(=O)NCC3CN(C)CCO3)C2)nc2c1c(=O)c(C(=O)O)cn2C1=NCNS1. The van der Waals surface area contributed by atoms with E-state index in [-0.39, 0.29) is 28.9 Å². The summed E-state index contributed by atoms with van der Waals surface area (Å²) in [5, 5.41) is 13.3. The Labute approximate surface area is 205 Å². The number of aliphatic imine (C=N–C) groups is 1. The molecule has 0 spiro atoms. The number of fused-ring (bicyclic) bond motifs is 1. The van der Waals surface area contributed by atoms with E-state index in [1.54, 1.807) is 17.6 Å². The van der Waals surface area contributed by atoms with E-state index in [2.05, 4.69) is 19.9 Å². The van der Waals surface area contributed by atoms with Crippen molar-refractivity contribution in [3.8, 4) is 0 Å². The number of nitrogens with zero attached hydrogens (tertiary/aromatic N) is 5. The Balaban J connectivity index is 1.35. The van der Waals surface area contributed by atoms with E-state index in [1.807, 2.05) is 11.9 Å². The average Bonchev–Trinajstić information content (AvgIpc) is 3.31. The van der Waals surface area contributed by atoms with E-state index < -0.39 is 11.4 Å². The van der Waals surface area contributed by atoms with Gasteiger partial charge in [0.25, 0.3) is 0 Å². The number of amides is 1. The predicted octanol–water partition coefficient (Wildman–Crippen LogP) is -0.301. The van der Waals surface area contributed by atoms with Crippen molar-refractivity contribution >= 4 is 45.8 Å². The van der Waals surface area contributed by atoms with E-state index in [9.17, 15) is 19.5 Å². The van der Waals surface area contributed by atoms with Crippen molar-refractivity contribution in [2.24, 2.45) is 10.9 Å². The summed E-state index contributed by atoms with van der Waals surface area (Å²) in [5.74, 6) is -0.845. The van der Waals surface area contributed by atoms with Crippen molar-refractivity contribution in [1.82, 2.24) is 24.5 Å². The van der Waals surface area contributed by atoms with Crippen molar-refractivity contribution < 1.29 is 19.4 Å². The number of ether oxygens (including phenoxy) is 1. The number of carbonyl (C=O) groups excluding carboxylic acids is 1. The highest BCUT2D eigenvalue weighted by Gasteiger charge is 2.34. The van der Waals surface area contributed by atoms with Gasteiger partial charge in [-0.05, 0) is 37.5 Å². The van der Waals surface area contributed by atoms with Crippen molar-refractivity contribution in [2.75, 3.05) is 57.9 Å². The maximum atomic E-state index is 12.9. The summed E-state index contributed by atoms with van der Waals surface area (Å²) in [6, 6.07) is 1.77. The number of carboxylic acid groups (broad SMARTS) is 1. The predicted molar refractivity (Wildman–Crippen MR) is 132 cm³/mol. The third kappa shape index (κ3) is 4.63. The molecule has 1 unspecified atom stereocenters. The molecule has 5 heterocycles. The lowest BCUT2D eigenvalue weighted by atomic mass is 9.98. The van der Waals surface area contributed by atoms with Crippen LogP contribution in [0.15, 0.2) is 22.1 Å². The molecule has 2 fully saturated rings. The fourth-order valence-corrected chi connectivity index (χ4v) is 5.10. The molecule has 2 aromatic rings. The molecular formula is C22H27N7O5S. The molecule has 0 aromatic carbocycles. The molecule has 2 aromatic heterocycles. The van der Waals surface area contributed by atoms with Gasteiger partial charge in [0.15, 0.2) is 10.8 Å². The Morgan fingerprint density at radius 1 is 1.34 bits per heavy atom. The van der Waals surface area contributed by atoms with Crippen LogP contribution in [0.5, 0.6) is 0 Å². The highest BCUT2D eigenvalue weighted by Crippen LogP contribution is 2.28. The number of morpholine rings is 1. The first-order chi connectivity index (χ1) is 16.8. The summed E-state index contributed by atoms with van der Waals surface area (Å²) in [5.41, 5.74) is 0.0544. The molecule has 0 saturated carbocycles. The number of aromatic nitrogens is 2. The average molecular weight is 502 g/mol. The fraction of sp³-hybridized carbons (Fsp3) is 0.500.